The molecule has 1 aromatic rings. The highest BCUT2D eigenvalue weighted by Crippen LogP contribution is 2.33. The second-order valence-electron chi connectivity index (χ2n) is 6.42. The molecule has 0 unspecified atom stereocenters. The summed E-state index contributed by atoms with van der Waals surface area (Å²) < 4.78 is 5.83. The van der Waals surface area contributed by atoms with Crippen LogP contribution >= 0.6 is 11.3 Å². The molecule has 2 aliphatic heterocycles. The van der Waals surface area contributed by atoms with Gasteiger partial charge >= 0.3 is 0 Å². The van der Waals surface area contributed by atoms with Gasteiger partial charge in [-0.1, -0.05) is 13.8 Å². The van der Waals surface area contributed by atoms with Gasteiger partial charge in [-0.05, 0) is 11.4 Å². The van der Waals surface area contributed by atoms with Gasteiger partial charge in [0.2, 0.25) is 5.91 Å². The van der Waals surface area contributed by atoms with Crippen molar-refractivity contribution < 1.29 is 14.3 Å². The van der Waals surface area contributed by atoms with Crippen molar-refractivity contribution in [1.82, 2.24) is 10.2 Å². The van der Waals surface area contributed by atoms with Crippen LogP contribution < -0.4 is 5.32 Å². The van der Waals surface area contributed by atoms with Crippen LogP contribution in [0.1, 0.15) is 24.2 Å². The van der Waals surface area contributed by atoms with E-state index >= 15 is 0 Å². The van der Waals surface area contributed by atoms with Crippen LogP contribution in [0.25, 0.3) is 0 Å². The number of likely N-dealkylation sites (tertiary alicyclic amines) is 1. The van der Waals surface area contributed by atoms with Gasteiger partial charge in [0, 0.05) is 48.3 Å². The molecule has 0 aliphatic carbocycles. The van der Waals surface area contributed by atoms with Crippen molar-refractivity contribution in [2.75, 3.05) is 26.2 Å². The molecule has 0 radical (unpaired) electrons. The van der Waals surface area contributed by atoms with Crippen molar-refractivity contribution in [3.8, 4) is 0 Å². The van der Waals surface area contributed by atoms with Crippen LogP contribution in [0.3, 0.4) is 0 Å². The summed E-state index contributed by atoms with van der Waals surface area (Å²) in [7, 11) is 0. The van der Waals surface area contributed by atoms with Crippen molar-refractivity contribution in [3.05, 3.63) is 22.4 Å². The molecule has 2 fully saturated rings. The number of nitrogens with zero attached hydrogens (tertiary/aromatic N) is 1. The van der Waals surface area contributed by atoms with E-state index in [9.17, 15) is 9.59 Å². The van der Waals surface area contributed by atoms with E-state index in [-0.39, 0.29) is 29.8 Å². The first-order valence-corrected chi connectivity index (χ1v) is 8.71. The van der Waals surface area contributed by atoms with Gasteiger partial charge in [-0.2, -0.15) is 11.3 Å². The van der Waals surface area contributed by atoms with Gasteiger partial charge < -0.3 is 15.0 Å². The highest BCUT2D eigenvalue weighted by Gasteiger charge is 2.45. The van der Waals surface area contributed by atoms with E-state index in [1.54, 1.807) is 0 Å². The number of hydrogen-bond acceptors (Lipinski definition) is 4. The lowest BCUT2D eigenvalue weighted by molar-refractivity contribution is -0.134. The van der Waals surface area contributed by atoms with Gasteiger partial charge in [-0.3, -0.25) is 9.59 Å². The Balaban J connectivity index is 1.54. The number of nitrogens with one attached hydrogen (secondary N) is 1. The third-order valence-corrected chi connectivity index (χ3v) is 5.24. The molecule has 2 saturated heterocycles. The third-order valence-electron chi connectivity index (χ3n) is 4.55. The van der Waals surface area contributed by atoms with Crippen LogP contribution in [0.4, 0.5) is 0 Å². The minimum absolute atomic E-state index is 0.0237. The molecule has 5 nitrogen and oxygen atoms in total. The topological polar surface area (TPSA) is 58.6 Å². The number of thiophene rings is 1. The van der Waals surface area contributed by atoms with Gasteiger partial charge in [0.1, 0.15) is 0 Å². The van der Waals surface area contributed by atoms with E-state index in [1.807, 2.05) is 35.6 Å². The summed E-state index contributed by atoms with van der Waals surface area (Å²) in [6.07, 6.45) is 0.130. The summed E-state index contributed by atoms with van der Waals surface area (Å²) in [4.78, 5) is 26.0. The molecule has 3 heterocycles. The zero-order valence-corrected chi connectivity index (χ0v) is 13.8. The molecule has 3 atom stereocenters. The summed E-state index contributed by atoms with van der Waals surface area (Å²) in [5, 5.41) is 6.74. The second kappa shape index (κ2) is 6.38. The molecule has 3 rings (SSSR count). The monoisotopic (exact) mass is 322 g/mol. The van der Waals surface area contributed by atoms with Gasteiger partial charge in [-0.15, -0.1) is 0 Å². The molecule has 6 heteroatoms. The van der Waals surface area contributed by atoms with Crippen LogP contribution in [-0.4, -0.2) is 49.1 Å². The Morgan fingerprint density at radius 3 is 2.95 bits per heavy atom. The number of carbonyl (C=O) groups is 2. The predicted octanol–water partition coefficient (Wildman–Crippen LogP) is 1.61. The van der Waals surface area contributed by atoms with Crippen LogP contribution in [0.2, 0.25) is 0 Å². The number of rotatable bonds is 4. The number of amides is 2. The van der Waals surface area contributed by atoms with Crippen molar-refractivity contribution in [3.63, 3.8) is 0 Å². The Hall–Kier alpha value is -1.40. The molecule has 0 saturated carbocycles. The molecule has 2 aliphatic rings. The van der Waals surface area contributed by atoms with Crippen LogP contribution in [0.5, 0.6) is 0 Å². The van der Waals surface area contributed by atoms with Crippen molar-refractivity contribution in [2.24, 2.45) is 17.8 Å². The second-order valence-corrected chi connectivity index (χ2v) is 7.20. The molecule has 0 spiro atoms. The Labute approximate surface area is 134 Å². The lowest BCUT2D eigenvalue weighted by Crippen LogP contribution is -2.36. The van der Waals surface area contributed by atoms with Crippen LogP contribution in [0, 0.1) is 17.8 Å². The van der Waals surface area contributed by atoms with Gasteiger partial charge in [0.15, 0.2) is 0 Å². The van der Waals surface area contributed by atoms with Crippen molar-refractivity contribution in [1.29, 1.82) is 0 Å². The number of carbonyl (C=O) groups excluding carboxylic acids is 2. The highest BCUT2D eigenvalue weighted by molar-refractivity contribution is 7.08. The molecule has 120 valence electrons. The molecule has 0 aromatic carbocycles. The van der Waals surface area contributed by atoms with Gasteiger partial charge in [0.25, 0.3) is 5.91 Å². The number of fused-ring (bicyclic) bond motifs is 1. The van der Waals surface area contributed by atoms with Gasteiger partial charge in [0.05, 0.1) is 12.7 Å². The average molecular weight is 322 g/mol. The lowest BCUT2D eigenvalue weighted by atomic mass is 9.93. The van der Waals surface area contributed by atoms with Crippen molar-refractivity contribution in [2.45, 2.75) is 20.0 Å². The maximum absolute atomic E-state index is 12.1. The first-order valence-electron chi connectivity index (χ1n) is 7.77. The van der Waals surface area contributed by atoms with E-state index in [4.69, 9.17) is 4.74 Å². The standard InChI is InChI=1S/C16H22N2O3S/c1-10(2)16(20)18-6-13-12(8-21-14(13)7-18)5-17-15(19)11-3-4-22-9-11/h3-4,9-10,12-14H,5-8H2,1-2H3,(H,17,19)/t12-,13-,14-/m1/s1. The third kappa shape index (κ3) is 3.03. The van der Waals surface area contributed by atoms with E-state index in [2.05, 4.69) is 5.32 Å². The normalized spacial score (nSPS) is 27.2. The quantitative estimate of drug-likeness (QED) is 0.916. The summed E-state index contributed by atoms with van der Waals surface area (Å²) in [5.74, 6) is 0.815. The van der Waals surface area contributed by atoms with Crippen LogP contribution in [-0.2, 0) is 9.53 Å². The molecule has 0 bridgehead atoms. The molecule has 1 N–H and O–H groups in total. The fraction of sp³-hybridized carbons (Fsp3) is 0.625. The Morgan fingerprint density at radius 2 is 2.27 bits per heavy atom. The molecule has 2 amide bonds. The molecular weight excluding hydrogens is 300 g/mol. The minimum atomic E-state index is -0.0298. The average Bonchev–Trinajstić information content (AvgIpc) is 3.20. The number of hydrogen-bond donors (Lipinski definition) is 1. The van der Waals surface area contributed by atoms with E-state index in [0.29, 0.717) is 31.2 Å². The maximum Gasteiger partial charge on any atom is 0.252 e. The Morgan fingerprint density at radius 1 is 1.45 bits per heavy atom. The molecule has 22 heavy (non-hydrogen) atoms. The predicted molar refractivity (Wildman–Crippen MR) is 84.8 cm³/mol. The molecule has 1 aromatic heterocycles. The minimum Gasteiger partial charge on any atom is -0.376 e. The van der Waals surface area contributed by atoms with Crippen molar-refractivity contribution >= 4 is 23.2 Å². The SMILES string of the molecule is CC(C)C(=O)N1C[C@@H]2[C@H](CNC(=O)c3ccsc3)CO[C@@H]2C1. The zero-order valence-electron chi connectivity index (χ0n) is 13.0. The summed E-state index contributed by atoms with van der Waals surface area (Å²) in [5.41, 5.74) is 0.712. The summed E-state index contributed by atoms with van der Waals surface area (Å²) in [6.45, 7) is 6.57. The smallest absolute Gasteiger partial charge is 0.252 e. The maximum atomic E-state index is 12.1. The van der Waals surface area contributed by atoms with E-state index in [0.717, 1.165) is 6.54 Å². The fourth-order valence-corrected chi connectivity index (χ4v) is 3.91. The number of ether oxygens (including phenoxy) is 1. The first-order chi connectivity index (χ1) is 10.6. The van der Waals surface area contributed by atoms with E-state index in [1.165, 1.54) is 11.3 Å². The Kier molecular flexibility index (Phi) is 4.49. The summed E-state index contributed by atoms with van der Waals surface area (Å²) >= 11 is 1.52. The van der Waals surface area contributed by atoms with Crippen LogP contribution in [0.15, 0.2) is 16.8 Å². The summed E-state index contributed by atoms with van der Waals surface area (Å²) in [6, 6.07) is 1.83. The van der Waals surface area contributed by atoms with Gasteiger partial charge in [-0.25, -0.2) is 0 Å². The zero-order chi connectivity index (χ0) is 15.7. The van der Waals surface area contributed by atoms with E-state index < -0.39 is 0 Å². The largest absolute Gasteiger partial charge is 0.376 e. The fourth-order valence-electron chi connectivity index (χ4n) is 3.27. The Bertz CT molecular complexity index is 544. The lowest BCUT2D eigenvalue weighted by Gasteiger charge is -2.21. The first kappa shape index (κ1) is 15.5. The molecular formula is C16H22N2O3S. The highest BCUT2D eigenvalue weighted by atomic mass is 32.1.